The molecule has 10 heteroatoms. The molecule has 0 unspecified atom stereocenters. The van der Waals surface area contributed by atoms with Crippen molar-refractivity contribution in [3.63, 3.8) is 0 Å². The van der Waals surface area contributed by atoms with E-state index >= 15 is 0 Å². The summed E-state index contributed by atoms with van der Waals surface area (Å²) in [6.45, 7) is 5.09. The van der Waals surface area contributed by atoms with Crippen LogP contribution in [0, 0.1) is 6.92 Å². The van der Waals surface area contributed by atoms with E-state index < -0.39 is 17.6 Å². The molecule has 4 aromatic rings. The van der Waals surface area contributed by atoms with Crippen molar-refractivity contribution in [2.24, 2.45) is 0 Å². The van der Waals surface area contributed by atoms with Gasteiger partial charge < -0.3 is 19.9 Å². The Labute approximate surface area is 244 Å². The number of hydrogen-bond acceptors (Lipinski definition) is 6. The van der Waals surface area contributed by atoms with E-state index in [9.17, 15) is 18.0 Å². The smallest absolute Gasteiger partial charge is 0.416 e. The van der Waals surface area contributed by atoms with Gasteiger partial charge in [-0.05, 0) is 93.2 Å². The lowest BCUT2D eigenvalue weighted by molar-refractivity contribution is -0.137. The molecule has 0 aliphatic heterocycles. The predicted octanol–water partition coefficient (Wildman–Crippen LogP) is 7.08. The van der Waals surface area contributed by atoms with Gasteiger partial charge in [0.25, 0.3) is 5.91 Å². The molecule has 2 aromatic carbocycles. The highest BCUT2D eigenvalue weighted by Gasteiger charge is 2.31. The number of carbonyl (C=O) groups excluding carboxylic acids is 1. The first-order valence-corrected chi connectivity index (χ1v) is 13.5. The molecule has 0 spiro atoms. The molecule has 1 amide bonds. The molecule has 0 saturated heterocycles. The van der Waals surface area contributed by atoms with Crippen LogP contribution in [0.15, 0.2) is 73.1 Å². The zero-order valence-electron chi connectivity index (χ0n) is 24.3. The fourth-order valence-corrected chi connectivity index (χ4v) is 4.30. The number of aromatic nitrogens is 2. The Kier molecular flexibility index (Phi) is 9.47. The Morgan fingerprint density at radius 3 is 2.45 bits per heavy atom. The fourth-order valence-electron chi connectivity index (χ4n) is 4.30. The highest BCUT2D eigenvalue weighted by molar-refractivity contribution is 6.06. The maximum Gasteiger partial charge on any atom is 0.416 e. The predicted molar refractivity (Wildman–Crippen MR) is 159 cm³/mol. The van der Waals surface area contributed by atoms with E-state index in [1.807, 2.05) is 62.0 Å². The maximum atomic E-state index is 13.6. The summed E-state index contributed by atoms with van der Waals surface area (Å²) in [4.78, 5) is 26.0. The topological polar surface area (TPSA) is 70.6 Å². The van der Waals surface area contributed by atoms with Crippen molar-refractivity contribution in [1.29, 1.82) is 0 Å². The Hall–Kier alpha value is -4.44. The Bertz CT molecular complexity index is 1560. The third-order valence-corrected chi connectivity index (χ3v) is 6.78. The van der Waals surface area contributed by atoms with E-state index in [2.05, 4.69) is 15.3 Å². The highest BCUT2D eigenvalue weighted by atomic mass is 19.4. The van der Waals surface area contributed by atoms with Gasteiger partial charge in [-0.25, -0.2) is 4.98 Å². The number of nitrogens with one attached hydrogen (secondary N) is 1. The number of nitrogens with zero attached hydrogens (tertiary/aromatic N) is 4. The van der Waals surface area contributed by atoms with Gasteiger partial charge in [0.2, 0.25) is 5.88 Å². The minimum absolute atomic E-state index is 0.0653. The number of ether oxygens (including phenoxy) is 1. The first-order chi connectivity index (χ1) is 20.0. The summed E-state index contributed by atoms with van der Waals surface area (Å²) in [6, 6.07) is 15.8. The van der Waals surface area contributed by atoms with E-state index in [1.54, 1.807) is 37.6 Å². The Morgan fingerprint density at radius 2 is 1.74 bits per heavy atom. The molecule has 0 fully saturated rings. The number of likely N-dealkylation sites (N-methyl/N-ethyl adjacent to an activating group) is 2. The minimum Gasteiger partial charge on any atom is -0.438 e. The minimum atomic E-state index is -4.56. The van der Waals surface area contributed by atoms with Gasteiger partial charge in [-0.3, -0.25) is 9.78 Å². The molecule has 0 bridgehead atoms. The largest absolute Gasteiger partial charge is 0.438 e. The van der Waals surface area contributed by atoms with E-state index in [0.717, 1.165) is 40.9 Å². The van der Waals surface area contributed by atoms with Gasteiger partial charge >= 0.3 is 6.18 Å². The average Bonchev–Trinajstić information content (AvgIpc) is 2.96. The van der Waals surface area contributed by atoms with Crippen molar-refractivity contribution in [2.75, 3.05) is 44.4 Å². The van der Waals surface area contributed by atoms with Crippen molar-refractivity contribution in [1.82, 2.24) is 14.9 Å². The molecule has 220 valence electrons. The molecule has 0 atom stereocenters. The standard InChI is InChI=1S/C32H34F3N5O2/c1-6-25-18-22(13-15-36-25)26-8-7-14-37-31(26)42-29-19-23(10-9-21(29)2)30(41)38-27-20-24(32(33,34)35)11-12-28(27)40(5)17-16-39(3)4/h7-15,18-20H,6,16-17H2,1-5H3,(H,38,41). The highest BCUT2D eigenvalue weighted by Crippen LogP contribution is 2.36. The van der Waals surface area contributed by atoms with E-state index in [0.29, 0.717) is 30.4 Å². The quantitative estimate of drug-likeness (QED) is 0.217. The van der Waals surface area contributed by atoms with Gasteiger partial charge in [0.05, 0.1) is 16.9 Å². The summed E-state index contributed by atoms with van der Waals surface area (Å²) in [5, 5.41) is 2.70. The molecule has 1 N–H and O–H groups in total. The van der Waals surface area contributed by atoms with E-state index in [-0.39, 0.29) is 11.3 Å². The second-order valence-corrected chi connectivity index (χ2v) is 10.2. The summed E-state index contributed by atoms with van der Waals surface area (Å²) in [7, 11) is 5.59. The van der Waals surface area contributed by atoms with Crippen molar-refractivity contribution >= 4 is 17.3 Å². The third-order valence-electron chi connectivity index (χ3n) is 6.78. The fraction of sp³-hybridized carbons (Fsp3) is 0.281. The summed E-state index contributed by atoms with van der Waals surface area (Å²) in [5.74, 6) is 0.193. The number of rotatable bonds is 10. The second-order valence-electron chi connectivity index (χ2n) is 10.2. The first-order valence-electron chi connectivity index (χ1n) is 13.5. The average molecular weight is 578 g/mol. The number of carbonyl (C=O) groups is 1. The van der Waals surface area contributed by atoms with Gasteiger partial charge in [0.15, 0.2) is 0 Å². The first kappa shape index (κ1) is 30.5. The van der Waals surface area contributed by atoms with Gasteiger partial charge in [-0.15, -0.1) is 0 Å². The van der Waals surface area contributed by atoms with Crippen LogP contribution < -0.4 is 15.0 Å². The SMILES string of the molecule is CCc1cc(-c2cccnc2Oc2cc(C(=O)Nc3cc(C(F)(F)F)ccc3N(C)CCN(C)C)ccc2C)ccn1. The normalized spacial score (nSPS) is 11.5. The molecule has 0 aliphatic rings. The third kappa shape index (κ3) is 7.44. The molecule has 0 aliphatic carbocycles. The van der Waals surface area contributed by atoms with Gasteiger partial charge in [0.1, 0.15) is 5.75 Å². The van der Waals surface area contributed by atoms with Gasteiger partial charge in [0, 0.05) is 49.4 Å². The summed E-state index contributed by atoms with van der Waals surface area (Å²) >= 11 is 0. The zero-order chi connectivity index (χ0) is 30.4. The van der Waals surface area contributed by atoms with Crippen LogP contribution >= 0.6 is 0 Å². The molecule has 42 heavy (non-hydrogen) atoms. The van der Waals surface area contributed by atoms with Crippen molar-refractivity contribution in [2.45, 2.75) is 26.4 Å². The van der Waals surface area contributed by atoms with Crippen LogP contribution in [-0.2, 0) is 12.6 Å². The van der Waals surface area contributed by atoms with E-state index in [4.69, 9.17) is 4.74 Å². The molecule has 7 nitrogen and oxygen atoms in total. The van der Waals surface area contributed by atoms with Crippen LogP contribution in [0.4, 0.5) is 24.5 Å². The van der Waals surface area contributed by atoms with Crippen LogP contribution in [0.25, 0.3) is 11.1 Å². The van der Waals surface area contributed by atoms with Crippen LogP contribution in [0.2, 0.25) is 0 Å². The molecule has 0 radical (unpaired) electrons. The van der Waals surface area contributed by atoms with Crippen LogP contribution in [0.5, 0.6) is 11.6 Å². The van der Waals surface area contributed by atoms with Crippen LogP contribution in [0.1, 0.15) is 34.1 Å². The number of alkyl halides is 3. The number of anilines is 2. The summed E-state index contributed by atoms with van der Waals surface area (Å²) in [6.07, 6.45) is -0.423. The monoisotopic (exact) mass is 577 g/mol. The Balaban J connectivity index is 1.64. The van der Waals surface area contributed by atoms with Crippen molar-refractivity contribution < 1.29 is 22.7 Å². The van der Waals surface area contributed by atoms with Crippen LogP contribution in [0.3, 0.4) is 0 Å². The van der Waals surface area contributed by atoms with Crippen molar-refractivity contribution in [3.05, 3.63) is 95.4 Å². The number of amides is 1. The number of halogens is 3. The van der Waals surface area contributed by atoms with Crippen LogP contribution in [-0.4, -0.2) is 55.0 Å². The molecule has 0 saturated carbocycles. The molecule has 4 rings (SSSR count). The Morgan fingerprint density at radius 1 is 0.952 bits per heavy atom. The number of benzene rings is 2. The number of pyridine rings is 2. The summed E-state index contributed by atoms with van der Waals surface area (Å²) in [5.41, 5.74) is 3.27. The summed E-state index contributed by atoms with van der Waals surface area (Å²) < 4.78 is 46.9. The molecular weight excluding hydrogens is 543 g/mol. The molecule has 2 heterocycles. The van der Waals surface area contributed by atoms with Crippen molar-refractivity contribution in [3.8, 4) is 22.8 Å². The van der Waals surface area contributed by atoms with Gasteiger partial charge in [-0.1, -0.05) is 13.0 Å². The van der Waals surface area contributed by atoms with Gasteiger partial charge in [-0.2, -0.15) is 13.2 Å². The molecule has 2 aromatic heterocycles. The number of aryl methyl sites for hydroxylation is 2. The maximum absolute atomic E-state index is 13.6. The number of hydrogen-bond donors (Lipinski definition) is 1. The lowest BCUT2D eigenvalue weighted by atomic mass is 10.1. The lowest BCUT2D eigenvalue weighted by Crippen LogP contribution is -2.29. The molecular formula is C32H34F3N5O2. The zero-order valence-corrected chi connectivity index (χ0v) is 24.3. The lowest BCUT2D eigenvalue weighted by Gasteiger charge is -2.25. The second kappa shape index (κ2) is 13.0. The van der Waals surface area contributed by atoms with E-state index in [1.165, 1.54) is 6.07 Å².